The lowest BCUT2D eigenvalue weighted by molar-refractivity contribution is 0.339. The van der Waals surface area contributed by atoms with Crippen LogP contribution in [0.2, 0.25) is 0 Å². The molecule has 0 fully saturated rings. The molecule has 0 unspecified atom stereocenters. The molecule has 1 heterocycles. The molecule has 0 bridgehead atoms. The molecule has 2 N–H and O–H groups in total. The van der Waals surface area contributed by atoms with E-state index in [-0.39, 0.29) is 0 Å². The number of anilines is 1. The second kappa shape index (κ2) is 5.17. The van der Waals surface area contributed by atoms with Crippen LogP contribution in [0.15, 0.2) is 42.5 Å². The molecule has 0 atom stereocenters. The largest absolute Gasteiger partial charge is 0.492 e. The molecule has 0 aliphatic carbocycles. The summed E-state index contributed by atoms with van der Waals surface area (Å²) in [6.45, 7) is 2.49. The predicted octanol–water partition coefficient (Wildman–Crippen LogP) is 2.88. The molecule has 2 aromatic carbocycles. The quantitative estimate of drug-likeness (QED) is 0.799. The van der Waals surface area contributed by atoms with Crippen LogP contribution in [0.25, 0.3) is 16.7 Å². The van der Waals surface area contributed by atoms with E-state index < -0.39 is 0 Å². The normalized spacial score (nSPS) is 10.5. The Morgan fingerprint density at radius 2 is 2.10 bits per heavy atom. The van der Waals surface area contributed by atoms with Crippen LogP contribution in [0.4, 0.5) is 5.95 Å². The molecule has 1 aromatic heterocycles. The van der Waals surface area contributed by atoms with Crippen molar-refractivity contribution in [2.45, 2.75) is 6.92 Å². The Labute approximate surface area is 122 Å². The second-order valence-electron chi connectivity index (χ2n) is 4.52. The molecule has 0 aliphatic rings. The van der Waals surface area contributed by atoms with E-state index in [1.807, 2.05) is 31.2 Å². The van der Waals surface area contributed by atoms with E-state index in [0.29, 0.717) is 18.1 Å². The van der Waals surface area contributed by atoms with E-state index in [4.69, 9.17) is 15.7 Å². The van der Waals surface area contributed by atoms with Crippen molar-refractivity contribution in [2.75, 3.05) is 12.3 Å². The molecule has 0 aliphatic heterocycles. The zero-order chi connectivity index (χ0) is 14.8. The lowest BCUT2D eigenvalue weighted by Crippen LogP contribution is -2.04. The number of aromatic nitrogens is 2. The first-order chi connectivity index (χ1) is 10.2. The minimum atomic E-state index is 0.368. The van der Waals surface area contributed by atoms with Gasteiger partial charge in [0.15, 0.2) is 0 Å². The minimum absolute atomic E-state index is 0.368. The third-order valence-electron chi connectivity index (χ3n) is 3.22. The third kappa shape index (κ3) is 2.17. The van der Waals surface area contributed by atoms with Crippen LogP contribution in [0.3, 0.4) is 0 Å². The predicted molar refractivity (Wildman–Crippen MR) is 81.4 cm³/mol. The van der Waals surface area contributed by atoms with Crippen molar-refractivity contribution >= 4 is 17.0 Å². The summed E-state index contributed by atoms with van der Waals surface area (Å²) in [5.74, 6) is 1.10. The van der Waals surface area contributed by atoms with Gasteiger partial charge >= 0.3 is 0 Å². The summed E-state index contributed by atoms with van der Waals surface area (Å²) in [6, 6.07) is 15.1. The van der Waals surface area contributed by atoms with Crippen molar-refractivity contribution in [1.29, 1.82) is 5.26 Å². The Kier molecular flexibility index (Phi) is 3.20. The number of fused-ring (bicyclic) bond motifs is 1. The first-order valence-electron chi connectivity index (χ1n) is 6.65. The SMILES string of the molecule is CCOc1ccccc1-n1c(N)nc2ccc(C#N)cc21. The summed E-state index contributed by atoms with van der Waals surface area (Å²) in [5, 5.41) is 9.07. The fourth-order valence-corrected chi connectivity index (χ4v) is 2.34. The monoisotopic (exact) mass is 278 g/mol. The molecule has 0 radical (unpaired) electrons. The topological polar surface area (TPSA) is 76.9 Å². The average molecular weight is 278 g/mol. The molecular weight excluding hydrogens is 264 g/mol. The van der Waals surface area contributed by atoms with Crippen LogP contribution in [-0.4, -0.2) is 16.2 Å². The Balaban J connectivity index is 2.30. The Morgan fingerprint density at radius 3 is 2.86 bits per heavy atom. The second-order valence-corrected chi connectivity index (χ2v) is 4.52. The Morgan fingerprint density at radius 1 is 1.29 bits per heavy atom. The maximum Gasteiger partial charge on any atom is 0.206 e. The average Bonchev–Trinajstić information content (AvgIpc) is 2.83. The number of rotatable bonds is 3. The van der Waals surface area contributed by atoms with Gasteiger partial charge in [0.05, 0.1) is 35.0 Å². The van der Waals surface area contributed by atoms with E-state index >= 15 is 0 Å². The van der Waals surface area contributed by atoms with Gasteiger partial charge in [0.2, 0.25) is 5.95 Å². The number of nitrogen functional groups attached to an aromatic ring is 1. The molecular formula is C16H14N4O. The van der Waals surface area contributed by atoms with E-state index in [1.165, 1.54) is 0 Å². The van der Waals surface area contributed by atoms with Crippen LogP contribution in [0, 0.1) is 11.3 Å². The van der Waals surface area contributed by atoms with Crippen molar-refractivity contribution in [3.05, 3.63) is 48.0 Å². The third-order valence-corrected chi connectivity index (χ3v) is 3.22. The molecule has 0 amide bonds. The number of benzene rings is 2. The van der Waals surface area contributed by atoms with Crippen LogP contribution in [-0.2, 0) is 0 Å². The number of nitrogens with two attached hydrogens (primary N) is 1. The number of nitriles is 1. The van der Waals surface area contributed by atoms with E-state index in [0.717, 1.165) is 22.5 Å². The number of hydrogen-bond donors (Lipinski definition) is 1. The van der Waals surface area contributed by atoms with Crippen LogP contribution < -0.4 is 10.5 Å². The zero-order valence-corrected chi connectivity index (χ0v) is 11.6. The van der Waals surface area contributed by atoms with Crippen molar-refractivity contribution in [3.8, 4) is 17.5 Å². The van der Waals surface area contributed by atoms with Gasteiger partial charge in [-0.05, 0) is 37.3 Å². The number of imidazole rings is 1. The molecule has 0 spiro atoms. The van der Waals surface area contributed by atoms with E-state index in [2.05, 4.69) is 11.1 Å². The van der Waals surface area contributed by atoms with E-state index in [1.54, 1.807) is 22.8 Å². The maximum absolute atomic E-state index is 9.07. The van der Waals surface area contributed by atoms with Crippen molar-refractivity contribution < 1.29 is 4.74 Å². The van der Waals surface area contributed by atoms with Crippen molar-refractivity contribution in [2.24, 2.45) is 0 Å². The minimum Gasteiger partial charge on any atom is -0.492 e. The fourth-order valence-electron chi connectivity index (χ4n) is 2.34. The molecule has 3 aromatic rings. The van der Waals surface area contributed by atoms with Crippen molar-refractivity contribution in [3.63, 3.8) is 0 Å². The first-order valence-corrected chi connectivity index (χ1v) is 6.65. The maximum atomic E-state index is 9.07. The molecule has 3 rings (SSSR count). The number of hydrogen-bond acceptors (Lipinski definition) is 4. The van der Waals surface area contributed by atoms with Gasteiger partial charge in [-0.15, -0.1) is 0 Å². The van der Waals surface area contributed by atoms with Gasteiger partial charge < -0.3 is 10.5 Å². The first kappa shape index (κ1) is 13.0. The number of para-hydroxylation sites is 2. The standard InChI is InChI=1S/C16H14N4O/c1-2-21-15-6-4-3-5-13(15)20-14-9-11(10-17)7-8-12(14)19-16(20)18/h3-9H,2H2,1H3,(H2,18,19). The summed E-state index contributed by atoms with van der Waals surface area (Å²) in [4.78, 5) is 4.34. The van der Waals surface area contributed by atoms with Crippen LogP contribution in [0.5, 0.6) is 5.75 Å². The van der Waals surface area contributed by atoms with Gasteiger partial charge in [0, 0.05) is 0 Å². The Bertz CT molecular complexity index is 845. The lowest BCUT2D eigenvalue weighted by atomic mass is 10.2. The lowest BCUT2D eigenvalue weighted by Gasteiger charge is -2.12. The molecule has 0 saturated carbocycles. The van der Waals surface area contributed by atoms with Crippen LogP contribution in [0.1, 0.15) is 12.5 Å². The van der Waals surface area contributed by atoms with Gasteiger partial charge in [-0.1, -0.05) is 12.1 Å². The van der Waals surface area contributed by atoms with Gasteiger partial charge in [0.1, 0.15) is 5.75 Å². The molecule has 5 nitrogen and oxygen atoms in total. The number of nitrogens with zero attached hydrogens (tertiary/aromatic N) is 3. The highest BCUT2D eigenvalue weighted by Gasteiger charge is 2.14. The van der Waals surface area contributed by atoms with Gasteiger partial charge in [-0.2, -0.15) is 5.26 Å². The molecule has 104 valence electrons. The highest BCUT2D eigenvalue weighted by molar-refractivity contribution is 5.82. The summed E-state index contributed by atoms with van der Waals surface area (Å²) in [6.07, 6.45) is 0. The summed E-state index contributed by atoms with van der Waals surface area (Å²) < 4.78 is 7.46. The van der Waals surface area contributed by atoms with E-state index in [9.17, 15) is 0 Å². The van der Waals surface area contributed by atoms with Gasteiger partial charge in [0.25, 0.3) is 0 Å². The summed E-state index contributed by atoms with van der Waals surface area (Å²) >= 11 is 0. The highest BCUT2D eigenvalue weighted by atomic mass is 16.5. The van der Waals surface area contributed by atoms with Crippen LogP contribution >= 0.6 is 0 Å². The fraction of sp³-hybridized carbons (Fsp3) is 0.125. The summed E-state index contributed by atoms with van der Waals surface area (Å²) in [5.41, 5.74) is 8.98. The molecule has 0 saturated heterocycles. The van der Waals surface area contributed by atoms with Crippen molar-refractivity contribution in [1.82, 2.24) is 9.55 Å². The Hall–Kier alpha value is -3.00. The van der Waals surface area contributed by atoms with Gasteiger partial charge in [-0.3, -0.25) is 4.57 Å². The zero-order valence-electron chi connectivity index (χ0n) is 11.6. The smallest absolute Gasteiger partial charge is 0.206 e. The number of ether oxygens (including phenoxy) is 1. The highest BCUT2D eigenvalue weighted by Crippen LogP contribution is 2.29. The molecule has 5 heteroatoms. The van der Waals surface area contributed by atoms with Gasteiger partial charge in [-0.25, -0.2) is 4.98 Å². The summed E-state index contributed by atoms with van der Waals surface area (Å²) in [7, 11) is 0. The molecule has 21 heavy (non-hydrogen) atoms.